The van der Waals surface area contributed by atoms with Gasteiger partial charge in [0, 0.05) is 38.1 Å². The van der Waals surface area contributed by atoms with Crippen molar-refractivity contribution in [3.63, 3.8) is 0 Å². The maximum absolute atomic E-state index is 12.0. The van der Waals surface area contributed by atoms with Gasteiger partial charge in [0.1, 0.15) is 0 Å². The van der Waals surface area contributed by atoms with Crippen LogP contribution in [-0.2, 0) is 4.79 Å². The molecule has 0 fully saturated rings. The summed E-state index contributed by atoms with van der Waals surface area (Å²) in [7, 11) is 0. The first-order chi connectivity index (χ1) is 11.2. The van der Waals surface area contributed by atoms with Crippen LogP contribution in [-0.4, -0.2) is 26.3 Å². The van der Waals surface area contributed by atoms with Gasteiger partial charge in [0.05, 0.1) is 23.8 Å². The van der Waals surface area contributed by atoms with Crippen molar-refractivity contribution in [2.45, 2.75) is 31.3 Å². The van der Waals surface area contributed by atoms with Crippen LogP contribution in [0.25, 0.3) is 5.69 Å². The SMILES string of the molecule is C#CCCC1(CCC(=O)Nc2cnn(-c3ccncc3)c2)N=N1. The molecule has 1 N–H and O–H groups in total. The number of carbonyl (C=O) groups is 1. The molecular weight excluding hydrogens is 292 g/mol. The fraction of sp³-hybridized carbons (Fsp3) is 0.312. The fourth-order valence-corrected chi connectivity index (χ4v) is 2.23. The van der Waals surface area contributed by atoms with Crippen molar-refractivity contribution in [1.29, 1.82) is 0 Å². The first-order valence-corrected chi connectivity index (χ1v) is 7.33. The summed E-state index contributed by atoms with van der Waals surface area (Å²) in [5.41, 5.74) is 1.10. The highest BCUT2D eigenvalue weighted by atomic mass is 16.1. The second kappa shape index (κ2) is 6.40. The minimum atomic E-state index is -0.426. The smallest absolute Gasteiger partial charge is 0.224 e. The molecule has 0 aromatic carbocycles. The van der Waals surface area contributed by atoms with Gasteiger partial charge in [0.25, 0.3) is 0 Å². The summed E-state index contributed by atoms with van der Waals surface area (Å²) in [6.45, 7) is 0. The molecule has 0 atom stereocenters. The summed E-state index contributed by atoms with van der Waals surface area (Å²) in [5, 5.41) is 15.1. The van der Waals surface area contributed by atoms with Crippen LogP contribution in [0, 0.1) is 12.3 Å². The molecule has 0 bridgehead atoms. The van der Waals surface area contributed by atoms with Crippen LogP contribution in [0.2, 0.25) is 0 Å². The number of nitrogens with one attached hydrogen (secondary N) is 1. The molecule has 3 rings (SSSR count). The lowest BCUT2D eigenvalue weighted by molar-refractivity contribution is -0.116. The van der Waals surface area contributed by atoms with Gasteiger partial charge in [-0.2, -0.15) is 15.3 Å². The fourth-order valence-electron chi connectivity index (χ4n) is 2.23. The Bertz CT molecular complexity index is 752. The minimum absolute atomic E-state index is 0.0864. The number of nitrogens with zero attached hydrogens (tertiary/aromatic N) is 5. The van der Waals surface area contributed by atoms with E-state index >= 15 is 0 Å². The minimum Gasteiger partial charge on any atom is -0.323 e. The van der Waals surface area contributed by atoms with Gasteiger partial charge in [-0.3, -0.25) is 9.78 Å². The zero-order valence-electron chi connectivity index (χ0n) is 12.5. The van der Waals surface area contributed by atoms with Gasteiger partial charge < -0.3 is 5.32 Å². The van der Waals surface area contributed by atoms with Crippen LogP contribution in [0.4, 0.5) is 5.69 Å². The van der Waals surface area contributed by atoms with E-state index in [2.05, 4.69) is 31.5 Å². The molecule has 2 aromatic heterocycles. The Balaban J connectivity index is 1.51. The van der Waals surface area contributed by atoms with Crippen LogP contribution < -0.4 is 5.32 Å². The molecule has 23 heavy (non-hydrogen) atoms. The molecular formula is C16H16N6O. The molecule has 1 amide bonds. The monoisotopic (exact) mass is 308 g/mol. The molecule has 0 radical (unpaired) electrons. The van der Waals surface area contributed by atoms with Crippen molar-refractivity contribution in [3.05, 3.63) is 36.9 Å². The third-order valence-corrected chi connectivity index (χ3v) is 3.60. The highest BCUT2D eigenvalue weighted by Crippen LogP contribution is 2.37. The topological polar surface area (TPSA) is 84.5 Å². The van der Waals surface area contributed by atoms with E-state index in [9.17, 15) is 4.79 Å². The number of pyridine rings is 1. The molecule has 0 unspecified atom stereocenters. The maximum Gasteiger partial charge on any atom is 0.224 e. The van der Waals surface area contributed by atoms with Crippen molar-refractivity contribution in [2.75, 3.05) is 5.32 Å². The lowest BCUT2D eigenvalue weighted by atomic mass is 10.0. The molecule has 0 saturated heterocycles. The lowest BCUT2D eigenvalue weighted by Gasteiger charge is -2.08. The molecule has 7 heteroatoms. The average molecular weight is 308 g/mol. The largest absolute Gasteiger partial charge is 0.323 e. The number of hydrogen-bond donors (Lipinski definition) is 1. The normalized spacial score (nSPS) is 14.2. The van der Waals surface area contributed by atoms with Gasteiger partial charge in [-0.1, -0.05) is 0 Å². The van der Waals surface area contributed by atoms with E-state index < -0.39 is 5.66 Å². The third kappa shape index (κ3) is 3.80. The van der Waals surface area contributed by atoms with Gasteiger partial charge in [-0.05, 0) is 12.1 Å². The highest BCUT2D eigenvalue weighted by Gasteiger charge is 2.39. The van der Waals surface area contributed by atoms with Crippen LogP contribution in [0.3, 0.4) is 0 Å². The Kier molecular flexibility index (Phi) is 4.15. The van der Waals surface area contributed by atoms with Crippen LogP contribution in [0.15, 0.2) is 47.1 Å². The van der Waals surface area contributed by atoms with E-state index in [1.807, 2.05) is 12.1 Å². The average Bonchev–Trinajstić information content (AvgIpc) is 3.21. The zero-order valence-corrected chi connectivity index (χ0v) is 12.5. The molecule has 0 aliphatic carbocycles. The Morgan fingerprint density at radius 1 is 1.30 bits per heavy atom. The van der Waals surface area contributed by atoms with Gasteiger partial charge in [0.2, 0.25) is 5.91 Å². The molecule has 0 spiro atoms. The summed E-state index contributed by atoms with van der Waals surface area (Å²) in [6.07, 6.45) is 14.2. The zero-order chi connectivity index (χ0) is 16.1. The van der Waals surface area contributed by atoms with Crippen molar-refractivity contribution in [3.8, 4) is 18.0 Å². The molecule has 3 heterocycles. The van der Waals surface area contributed by atoms with E-state index in [1.54, 1.807) is 29.5 Å². The molecule has 1 aliphatic rings. The highest BCUT2D eigenvalue weighted by molar-refractivity contribution is 5.90. The van der Waals surface area contributed by atoms with Gasteiger partial charge in [-0.15, -0.1) is 12.3 Å². The number of rotatable bonds is 7. The van der Waals surface area contributed by atoms with E-state index in [0.29, 0.717) is 31.4 Å². The number of amides is 1. The van der Waals surface area contributed by atoms with Gasteiger partial charge in [0.15, 0.2) is 5.66 Å². The molecule has 1 aliphatic heterocycles. The summed E-state index contributed by atoms with van der Waals surface area (Å²) < 4.78 is 1.68. The molecule has 116 valence electrons. The lowest BCUT2D eigenvalue weighted by Crippen LogP contribution is -2.17. The number of carbonyl (C=O) groups excluding carboxylic acids is 1. The Morgan fingerprint density at radius 2 is 2.09 bits per heavy atom. The summed E-state index contributed by atoms with van der Waals surface area (Å²) >= 11 is 0. The number of terminal acetylenes is 1. The second-order valence-electron chi connectivity index (χ2n) is 5.31. The summed E-state index contributed by atoms with van der Waals surface area (Å²) in [6, 6.07) is 3.67. The number of anilines is 1. The second-order valence-corrected chi connectivity index (χ2v) is 5.31. The third-order valence-electron chi connectivity index (χ3n) is 3.60. The van der Waals surface area contributed by atoms with E-state index in [4.69, 9.17) is 6.42 Å². The van der Waals surface area contributed by atoms with Crippen molar-refractivity contribution >= 4 is 11.6 Å². The molecule has 2 aromatic rings. The Morgan fingerprint density at radius 3 is 2.78 bits per heavy atom. The van der Waals surface area contributed by atoms with Crippen LogP contribution in [0.5, 0.6) is 0 Å². The van der Waals surface area contributed by atoms with E-state index in [-0.39, 0.29) is 5.91 Å². The summed E-state index contributed by atoms with van der Waals surface area (Å²) in [4.78, 5) is 16.0. The first kappa shape index (κ1) is 14.9. The molecule has 7 nitrogen and oxygen atoms in total. The summed E-state index contributed by atoms with van der Waals surface area (Å²) in [5.74, 6) is 2.49. The molecule has 0 saturated carbocycles. The van der Waals surface area contributed by atoms with Crippen LogP contribution >= 0.6 is 0 Å². The predicted octanol–water partition coefficient (Wildman–Crippen LogP) is 2.56. The number of aromatic nitrogens is 3. The Labute approximate surface area is 133 Å². The Hall–Kier alpha value is -3.01. The van der Waals surface area contributed by atoms with Crippen LogP contribution in [0.1, 0.15) is 25.7 Å². The number of hydrogen-bond acceptors (Lipinski definition) is 5. The van der Waals surface area contributed by atoms with E-state index in [0.717, 1.165) is 5.69 Å². The predicted molar refractivity (Wildman–Crippen MR) is 84.9 cm³/mol. The van der Waals surface area contributed by atoms with Crippen molar-refractivity contribution in [2.24, 2.45) is 10.2 Å². The van der Waals surface area contributed by atoms with E-state index in [1.165, 1.54) is 0 Å². The maximum atomic E-state index is 12.0. The quantitative estimate of drug-likeness (QED) is 0.798. The van der Waals surface area contributed by atoms with Gasteiger partial charge in [-0.25, -0.2) is 4.68 Å². The standard InChI is InChI=1S/C16H16N6O/c1-2-3-7-16(20-21-16)8-4-15(23)19-13-11-18-22(12-13)14-5-9-17-10-6-14/h1,5-6,9-12H,3-4,7-8H2,(H,19,23). The van der Waals surface area contributed by atoms with Crippen molar-refractivity contribution < 1.29 is 4.79 Å². The van der Waals surface area contributed by atoms with Crippen molar-refractivity contribution in [1.82, 2.24) is 14.8 Å². The first-order valence-electron chi connectivity index (χ1n) is 7.33. The van der Waals surface area contributed by atoms with Gasteiger partial charge >= 0.3 is 0 Å².